The van der Waals surface area contributed by atoms with Gasteiger partial charge in [-0.25, -0.2) is 4.98 Å². The minimum atomic E-state index is 0.583. The van der Waals surface area contributed by atoms with Gasteiger partial charge in [0.2, 0.25) is 5.95 Å². The first kappa shape index (κ1) is 18.5. The lowest BCUT2D eigenvalue weighted by molar-refractivity contribution is 0.414. The van der Waals surface area contributed by atoms with E-state index in [4.69, 9.17) is 9.47 Å². The van der Waals surface area contributed by atoms with Crippen LogP contribution in [0.3, 0.4) is 0 Å². The first-order chi connectivity index (χ1) is 13.2. The summed E-state index contributed by atoms with van der Waals surface area (Å²) >= 11 is 0. The lowest BCUT2D eigenvalue weighted by Crippen LogP contribution is -2.08. The number of hydrogen-bond acceptors (Lipinski definition) is 6. The Hall–Kier alpha value is -3.28. The van der Waals surface area contributed by atoms with Gasteiger partial charge in [-0.2, -0.15) is 4.98 Å². The molecule has 1 aromatic heterocycles. The number of rotatable bonds is 8. The maximum Gasteiger partial charge on any atom is 0.224 e. The zero-order chi connectivity index (χ0) is 19.1. The van der Waals surface area contributed by atoms with Gasteiger partial charge in [0, 0.05) is 12.7 Å². The fourth-order valence-corrected chi connectivity index (χ4v) is 2.68. The van der Waals surface area contributed by atoms with Gasteiger partial charge in [-0.15, -0.1) is 0 Å². The molecule has 3 rings (SSSR count). The topological polar surface area (TPSA) is 68.3 Å². The molecule has 0 spiro atoms. The molecule has 0 aliphatic rings. The van der Waals surface area contributed by atoms with Crippen LogP contribution in [0.15, 0.2) is 54.7 Å². The molecule has 0 saturated heterocycles. The van der Waals surface area contributed by atoms with Crippen LogP contribution in [0.4, 0.5) is 17.5 Å². The summed E-state index contributed by atoms with van der Waals surface area (Å²) in [5.74, 6) is 2.93. The molecule has 0 bridgehead atoms. The maximum atomic E-state index is 5.40. The van der Waals surface area contributed by atoms with Crippen molar-refractivity contribution >= 4 is 17.5 Å². The zero-order valence-corrected chi connectivity index (χ0v) is 15.8. The molecule has 0 unspecified atom stereocenters. The highest BCUT2D eigenvalue weighted by atomic mass is 16.5. The van der Waals surface area contributed by atoms with Gasteiger partial charge in [0.1, 0.15) is 17.3 Å². The monoisotopic (exact) mass is 364 g/mol. The average molecular weight is 364 g/mol. The second kappa shape index (κ2) is 8.89. The molecule has 140 valence electrons. The van der Waals surface area contributed by atoms with Crippen molar-refractivity contribution in [3.8, 4) is 11.5 Å². The van der Waals surface area contributed by atoms with Crippen molar-refractivity contribution in [3.63, 3.8) is 0 Å². The standard InChI is InChI=1S/C21H24N4O2/c1-15-4-9-19(27-3)18(14-15)24-20-11-13-23-21(25-20)22-12-10-16-5-7-17(26-2)8-6-16/h4-9,11,13-14H,10,12H2,1-3H3,(H2,22,23,24,25). The van der Waals surface area contributed by atoms with Crippen LogP contribution in [0.5, 0.6) is 11.5 Å². The second-order valence-electron chi connectivity index (χ2n) is 6.12. The lowest BCUT2D eigenvalue weighted by Gasteiger charge is -2.12. The van der Waals surface area contributed by atoms with Gasteiger partial charge >= 0.3 is 0 Å². The third kappa shape index (κ3) is 5.10. The number of aromatic nitrogens is 2. The van der Waals surface area contributed by atoms with Gasteiger partial charge in [0.25, 0.3) is 0 Å². The summed E-state index contributed by atoms with van der Waals surface area (Å²) in [6.07, 6.45) is 2.60. The van der Waals surface area contributed by atoms with E-state index in [1.807, 2.05) is 43.3 Å². The number of aryl methyl sites for hydroxylation is 1. The molecule has 2 aromatic carbocycles. The predicted molar refractivity (Wildman–Crippen MR) is 108 cm³/mol. The van der Waals surface area contributed by atoms with Crippen molar-refractivity contribution in [1.29, 1.82) is 0 Å². The first-order valence-corrected chi connectivity index (χ1v) is 8.79. The van der Waals surface area contributed by atoms with Gasteiger partial charge in [0.15, 0.2) is 0 Å². The smallest absolute Gasteiger partial charge is 0.224 e. The van der Waals surface area contributed by atoms with Crippen molar-refractivity contribution in [1.82, 2.24) is 9.97 Å². The van der Waals surface area contributed by atoms with E-state index in [2.05, 4.69) is 32.7 Å². The summed E-state index contributed by atoms with van der Waals surface area (Å²) in [6, 6.07) is 15.8. The van der Waals surface area contributed by atoms with Crippen LogP contribution in [-0.2, 0) is 6.42 Å². The summed E-state index contributed by atoms with van der Waals surface area (Å²) in [7, 11) is 3.32. The summed E-state index contributed by atoms with van der Waals surface area (Å²) in [5.41, 5.74) is 3.24. The quantitative estimate of drug-likeness (QED) is 0.624. The van der Waals surface area contributed by atoms with E-state index in [0.29, 0.717) is 11.8 Å². The molecular formula is C21H24N4O2. The van der Waals surface area contributed by atoms with E-state index in [1.54, 1.807) is 20.4 Å². The molecule has 3 aromatic rings. The molecule has 0 fully saturated rings. The molecule has 2 N–H and O–H groups in total. The van der Waals surface area contributed by atoms with E-state index in [0.717, 1.165) is 35.7 Å². The predicted octanol–water partition coefficient (Wildman–Crippen LogP) is 4.20. The normalized spacial score (nSPS) is 10.3. The molecule has 6 heteroatoms. The Morgan fingerprint density at radius 3 is 2.52 bits per heavy atom. The summed E-state index contributed by atoms with van der Waals surface area (Å²) in [4.78, 5) is 8.81. The zero-order valence-electron chi connectivity index (χ0n) is 15.8. The van der Waals surface area contributed by atoms with Crippen LogP contribution >= 0.6 is 0 Å². The lowest BCUT2D eigenvalue weighted by atomic mass is 10.1. The summed E-state index contributed by atoms with van der Waals surface area (Å²) < 4.78 is 10.6. The molecule has 0 saturated carbocycles. The number of ether oxygens (including phenoxy) is 2. The summed E-state index contributed by atoms with van der Waals surface area (Å²) in [5, 5.41) is 6.56. The van der Waals surface area contributed by atoms with Crippen LogP contribution in [0.2, 0.25) is 0 Å². The van der Waals surface area contributed by atoms with Gasteiger partial charge in [-0.05, 0) is 54.8 Å². The number of nitrogens with zero attached hydrogens (tertiary/aromatic N) is 2. The third-order valence-corrected chi connectivity index (χ3v) is 4.13. The first-order valence-electron chi connectivity index (χ1n) is 8.79. The molecular weight excluding hydrogens is 340 g/mol. The van der Waals surface area contributed by atoms with E-state index < -0.39 is 0 Å². The Balaban J connectivity index is 1.61. The highest BCUT2D eigenvalue weighted by Gasteiger charge is 2.06. The highest BCUT2D eigenvalue weighted by Crippen LogP contribution is 2.28. The fraction of sp³-hybridized carbons (Fsp3) is 0.238. The number of hydrogen-bond donors (Lipinski definition) is 2. The van der Waals surface area contributed by atoms with Crippen LogP contribution in [-0.4, -0.2) is 30.7 Å². The van der Waals surface area contributed by atoms with Crippen molar-refractivity contribution < 1.29 is 9.47 Å². The SMILES string of the molecule is COc1ccc(CCNc2nccc(Nc3cc(C)ccc3OC)n2)cc1. The molecule has 0 aliphatic carbocycles. The Morgan fingerprint density at radius 2 is 1.78 bits per heavy atom. The Morgan fingerprint density at radius 1 is 0.963 bits per heavy atom. The minimum Gasteiger partial charge on any atom is -0.497 e. The Labute approximate surface area is 159 Å². The largest absolute Gasteiger partial charge is 0.497 e. The van der Waals surface area contributed by atoms with Crippen molar-refractivity contribution in [2.24, 2.45) is 0 Å². The molecule has 0 amide bonds. The van der Waals surface area contributed by atoms with E-state index >= 15 is 0 Å². The third-order valence-electron chi connectivity index (χ3n) is 4.13. The molecule has 27 heavy (non-hydrogen) atoms. The minimum absolute atomic E-state index is 0.583. The highest BCUT2D eigenvalue weighted by molar-refractivity contribution is 5.65. The van der Waals surface area contributed by atoms with Gasteiger partial charge in [0.05, 0.1) is 19.9 Å². The van der Waals surface area contributed by atoms with Crippen LogP contribution < -0.4 is 20.1 Å². The van der Waals surface area contributed by atoms with Gasteiger partial charge < -0.3 is 20.1 Å². The number of anilines is 3. The van der Waals surface area contributed by atoms with E-state index in [9.17, 15) is 0 Å². The Bertz CT molecular complexity index is 882. The van der Waals surface area contributed by atoms with Crippen molar-refractivity contribution in [2.45, 2.75) is 13.3 Å². The van der Waals surface area contributed by atoms with Crippen LogP contribution in [0, 0.1) is 6.92 Å². The summed E-state index contributed by atoms with van der Waals surface area (Å²) in [6.45, 7) is 2.78. The number of nitrogens with one attached hydrogen (secondary N) is 2. The maximum absolute atomic E-state index is 5.40. The fourth-order valence-electron chi connectivity index (χ4n) is 2.68. The Kier molecular flexibility index (Phi) is 6.10. The van der Waals surface area contributed by atoms with Gasteiger partial charge in [-0.3, -0.25) is 0 Å². The van der Waals surface area contributed by atoms with E-state index in [1.165, 1.54) is 5.56 Å². The molecule has 6 nitrogen and oxygen atoms in total. The van der Waals surface area contributed by atoms with Crippen LogP contribution in [0.1, 0.15) is 11.1 Å². The average Bonchev–Trinajstić information content (AvgIpc) is 2.69. The van der Waals surface area contributed by atoms with Crippen molar-refractivity contribution in [3.05, 3.63) is 65.9 Å². The second-order valence-corrected chi connectivity index (χ2v) is 6.12. The van der Waals surface area contributed by atoms with Crippen LogP contribution in [0.25, 0.3) is 0 Å². The van der Waals surface area contributed by atoms with Gasteiger partial charge in [-0.1, -0.05) is 18.2 Å². The number of methoxy groups -OCH3 is 2. The van der Waals surface area contributed by atoms with E-state index in [-0.39, 0.29) is 0 Å². The number of benzene rings is 2. The molecule has 0 atom stereocenters. The molecule has 0 aliphatic heterocycles. The van der Waals surface area contributed by atoms with Crippen molar-refractivity contribution in [2.75, 3.05) is 31.4 Å². The molecule has 1 heterocycles. The molecule has 0 radical (unpaired) electrons.